The molecule has 1 aromatic rings. The van der Waals surface area contributed by atoms with E-state index in [0.717, 1.165) is 0 Å². The first-order chi connectivity index (χ1) is 10.5. The molecule has 0 saturated carbocycles. The lowest BCUT2D eigenvalue weighted by molar-refractivity contribution is -0.128. The molecule has 0 fully saturated rings. The van der Waals surface area contributed by atoms with Gasteiger partial charge in [0.05, 0.1) is 5.92 Å². The molecule has 0 saturated heterocycles. The van der Waals surface area contributed by atoms with Crippen LogP contribution < -0.4 is 10.6 Å². The Hall–Kier alpha value is -2.50. The van der Waals surface area contributed by atoms with Crippen LogP contribution in [0.25, 0.3) is 0 Å². The van der Waals surface area contributed by atoms with Crippen LogP contribution in [0.15, 0.2) is 35.5 Å². The second-order valence-electron chi connectivity index (χ2n) is 5.47. The molecule has 0 spiro atoms. The van der Waals surface area contributed by atoms with Gasteiger partial charge in [0, 0.05) is 29.8 Å². The highest BCUT2D eigenvalue weighted by Crippen LogP contribution is 2.32. The van der Waals surface area contributed by atoms with Crippen molar-refractivity contribution in [1.29, 1.82) is 0 Å². The Balaban J connectivity index is 1.85. The molecule has 0 bridgehead atoms. The van der Waals surface area contributed by atoms with E-state index in [9.17, 15) is 18.8 Å². The van der Waals surface area contributed by atoms with E-state index >= 15 is 0 Å². The molecule has 0 radical (unpaired) electrons. The fraction of sp³-hybridized carbons (Fsp3) is 0.312. The van der Waals surface area contributed by atoms with E-state index in [1.54, 1.807) is 0 Å². The number of hydrogen-bond acceptors (Lipinski definition) is 3. The number of rotatable bonds is 2. The van der Waals surface area contributed by atoms with E-state index in [0.29, 0.717) is 36.2 Å². The Kier molecular flexibility index (Phi) is 3.75. The fourth-order valence-corrected chi connectivity index (χ4v) is 2.89. The lowest BCUT2D eigenvalue weighted by Crippen LogP contribution is -2.41. The van der Waals surface area contributed by atoms with Crippen LogP contribution >= 0.6 is 0 Å². The van der Waals surface area contributed by atoms with E-state index in [1.165, 1.54) is 24.3 Å². The molecule has 1 atom stereocenters. The van der Waals surface area contributed by atoms with E-state index in [4.69, 9.17) is 0 Å². The summed E-state index contributed by atoms with van der Waals surface area (Å²) in [7, 11) is 0. The van der Waals surface area contributed by atoms with Crippen LogP contribution in [0.5, 0.6) is 0 Å². The van der Waals surface area contributed by atoms with Crippen molar-refractivity contribution in [2.24, 2.45) is 5.92 Å². The maximum Gasteiger partial charge on any atom is 0.232 e. The molecule has 114 valence electrons. The number of benzene rings is 1. The minimum absolute atomic E-state index is 0.0440. The monoisotopic (exact) mass is 302 g/mol. The average molecular weight is 302 g/mol. The quantitative estimate of drug-likeness (QED) is 0.876. The van der Waals surface area contributed by atoms with Gasteiger partial charge in [-0.15, -0.1) is 0 Å². The van der Waals surface area contributed by atoms with Crippen molar-refractivity contribution in [3.63, 3.8) is 0 Å². The summed E-state index contributed by atoms with van der Waals surface area (Å²) in [6, 6.07) is 5.35. The van der Waals surface area contributed by atoms with Gasteiger partial charge in [0.15, 0.2) is 5.78 Å². The first-order valence-electron chi connectivity index (χ1n) is 7.17. The van der Waals surface area contributed by atoms with Crippen LogP contribution in [0.4, 0.5) is 10.1 Å². The fourth-order valence-electron chi connectivity index (χ4n) is 2.89. The predicted octanol–water partition coefficient (Wildman–Crippen LogP) is 1.91. The zero-order chi connectivity index (χ0) is 15.7. The Morgan fingerprint density at radius 3 is 2.64 bits per heavy atom. The maximum absolute atomic E-state index is 12.9. The van der Waals surface area contributed by atoms with Gasteiger partial charge in [-0.1, -0.05) is 0 Å². The molecule has 22 heavy (non-hydrogen) atoms. The topological polar surface area (TPSA) is 75.3 Å². The van der Waals surface area contributed by atoms with Crippen molar-refractivity contribution in [3.05, 3.63) is 41.4 Å². The first kappa shape index (κ1) is 14.4. The summed E-state index contributed by atoms with van der Waals surface area (Å²) >= 11 is 0. The minimum atomic E-state index is -0.776. The normalized spacial score (nSPS) is 21.2. The van der Waals surface area contributed by atoms with Gasteiger partial charge in [-0.3, -0.25) is 14.4 Å². The van der Waals surface area contributed by atoms with Crippen molar-refractivity contribution < 1.29 is 18.8 Å². The second-order valence-corrected chi connectivity index (χ2v) is 5.47. The molecule has 1 heterocycles. The SMILES string of the molecule is O=C1C[C@@H](C(=O)Nc2ccc(F)cc2)C2=C(CCCC2=O)N1. The van der Waals surface area contributed by atoms with Gasteiger partial charge in [0.2, 0.25) is 11.8 Å². The highest BCUT2D eigenvalue weighted by Gasteiger charge is 2.37. The van der Waals surface area contributed by atoms with Gasteiger partial charge in [-0.25, -0.2) is 4.39 Å². The Morgan fingerprint density at radius 1 is 1.18 bits per heavy atom. The first-order valence-corrected chi connectivity index (χ1v) is 7.17. The van der Waals surface area contributed by atoms with Gasteiger partial charge in [-0.2, -0.15) is 0 Å². The van der Waals surface area contributed by atoms with Crippen LogP contribution in [0.2, 0.25) is 0 Å². The number of hydrogen-bond donors (Lipinski definition) is 2. The van der Waals surface area contributed by atoms with E-state index < -0.39 is 17.6 Å². The third-order valence-electron chi connectivity index (χ3n) is 3.91. The number of anilines is 1. The highest BCUT2D eigenvalue weighted by atomic mass is 19.1. The molecule has 5 nitrogen and oxygen atoms in total. The molecular weight excluding hydrogens is 287 g/mol. The third-order valence-corrected chi connectivity index (χ3v) is 3.91. The lowest BCUT2D eigenvalue weighted by Gasteiger charge is -2.30. The van der Waals surface area contributed by atoms with Crippen LogP contribution in [-0.2, 0) is 14.4 Å². The minimum Gasteiger partial charge on any atom is -0.329 e. The van der Waals surface area contributed by atoms with Gasteiger partial charge in [0.25, 0.3) is 0 Å². The second kappa shape index (κ2) is 5.71. The van der Waals surface area contributed by atoms with Gasteiger partial charge >= 0.3 is 0 Å². The van der Waals surface area contributed by atoms with Gasteiger partial charge in [0.1, 0.15) is 5.82 Å². The summed E-state index contributed by atoms with van der Waals surface area (Å²) in [6.07, 6.45) is 1.64. The molecule has 3 rings (SSSR count). The number of carbonyl (C=O) groups is 3. The van der Waals surface area contributed by atoms with Crippen LogP contribution in [-0.4, -0.2) is 17.6 Å². The number of Topliss-reactive ketones (excluding diaryl/α,β-unsaturated/α-hetero) is 1. The smallest absolute Gasteiger partial charge is 0.232 e. The van der Waals surface area contributed by atoms with Crippen molar-refractivity contribution in [2.75, 3.05) is 5.32 Å². The molecule has 2 aliphatic rings. The Morgan fingerprint density at radius 2 is 1.91 bits per heavy atom. The highest BCUT2D eigenvalue weighted by molar-refractivity contribution is 6.08. The number of amides is 2. The summed E-state index contributed by atoms with van der Waals surface area (Å²) in [5, 5.41) is 5.34. The van der Waals surface area contributed by atoms with Crippen molar-refractivity contribution in [3.8, 4) is 0 Å². The van der Waals surface area contributed by atoms with E-state index in [2.05, 4.69) is 10.6 Å². The molecule has 1 aromatic carbocycles. The average Bonchev–Trinajstić information content (AvgIpc) is 2.48. The zero-order valence-corrected chi connectivity index (χ0v) is 11.8. The molecule has 0 unspecified atom stereocenters. The van der Waals surface area contributed by atoms with Crippen LogP contribution in [0.1, 0.15) is 25.7 Å². The largest absolute Gasteiger partial charge is 0.329 e. The molecule has 0 aromatic heterocycles. The Labute approximate surface area is 126 Å². The summed E-state index contributed by atoms with van der Waals surface area (Å²) in [6.45, 7) is 0. The number of nitrogens with one attached hydrogen (secondary N) is 2. The predicted molar refractivity (Wildman–Crippen MR) is 77.2 cm³/mol. The molecule has 1 aliphatic heterocycles. The summed E-state index contributed by atoms with van der Waals surface area (Å²) in [5.41, 5.74) is 1.43. The van der Waals surface area contributed by atoms with Gasteiger partial charge < -0.3 is 10.6 Å². The Bertz CT molecular complexity index is 679. The van der Waals surface area contributed by atoms with Crippen LogP contribution in [0.3, 0.4) is 0 Å². The van der Waals surface area contributed by atoms with E-state index in [-0.39, 0.29) is 18.1 Å². The molecular formula is C16H15FN2O3. The number of halogens is 1. The molecule has 2 amide bonds. The van der Waals surface area contributed by atoms with Gasteiger partial charge in [-0.05, 0) is 37.1 Å². The maximum atomic E-state index is 12.9. The zero-order valence-electron chi connectivity index (χ0n) is 11.8. The van der Waals surface area contributed by atoms with Crippen molar-refractivity contribution >= 4 is 23.3 Å². The number of allylic oxidation sites excluding steroid dienone is 1. The number of ketones is 1. The summed E-state index contributed by atoms with van der Waals surface area (Å²) in [4.78, 5) is 36.3. The summed E-state index contributed by atoms with van der Waals surface area (Å²) in [5.74, 6) is -1.93. The molecule has 2 N–H and O–H groups in total. The third kappa shape index (κ3) is 2.77. The van der Waals surface area contributed by atoms with E-state index in [1.807, 2.05) is 0 Å². The van der Waals surface area contributed by atoms with Crippen LogP contribution in [0, 0.1) is 11.7 Å². The number of carbonyl (C=O) groups excluding carboxylic acids is 3. The van der Waals surface area contributed by atoms with Crippen molar-refractivity contribution in [2.45, 2.75) is 25.7 Å². The lowest BCUT2D eigenvalue weighted by atomic mass is 9.81. The standard InChI is InChI=1S/C16H15FN2O3/c17-9-4-6-10(7-5-9)18-16(22)11-8-14(21)19-12-2-1-3-13(20)15(11)12/h4-7,11H,1-3,8H2,(H,18,22)(H,19,21)/t11-/m1/s1. The molecule has 6 heteroatoms. The summed E-state index contributed by atoms with van der Waals surface area (Å²) < 4.78 is 12.9. The molecule has 1 aliphatic carbocycles. The van der Waals surface area contributed by atoms with Crippen molar-refractivity contribution in [1.82, 2.24) is 5.32 Å².